The SMILES string of the molecule is NN/C(N)=N/[N+](=O)[O-].NN/C(N)=N/[N+](=O)[O-].O=[N+]([O-])[O-].O=[N+]([O-])[O-].[Co+2].[OH3+].[OH3+]. The van der Waals surface area contributed by atoms with Gasteiger partial charge < -0.3 is 53.1 Å². The van der Waals surface area contributed by atoms with Gasteiger partial charge in [-0.1, -0.05) is 0 Å². The van der Waals surface area contributed by atoms with Crippen LogP contribution in [0, 0.1) is 50.9 Å². The first kappa shape index (κ1) is 43.5. The minimum atomic E-state index is -1.75. The Hall–Kier alpha value is -3.91. The third-order valence-corrected chi connectivity index (χ3v) is 0.675. The normalized spacial score (nSPS) is 8.22. The van der Waals surface area contributed by atoms with Crippen LogP contribution in [-0.2, 0) is 27.7 Å². The van der Waals surface area contributed by atoms with Crippen molar-refractivity contribution in [3.8, 4) is 0 Å². The molecule has 0 aromatic carbocycles. The van der Waals surface area contributed by atoms with Gasteiger partial charge in [0, 0.05) is 0 Å². The Labute approximate surface area is 156 Å². The minimum absolute atomic E-state index is 0. The smallest absolute Gasteiger partial charge is 0.457 e. The number of nitrogens with zero attached hydrogens (tertiary/aromatic N) is 6. The second-order valence-electron chi connectivity index (χ2n) is 2.18. The summed E-state index contributed by atoms with van der Waals surface area (Å²) in [6.45, 7) is 0. The van der Waals surface area contributed by atoms with Gasteiger partial charge in [0.25, 0.3) is 11.9 Å². The van der Waals surface area contributed by atoms with E-state index in [1.807, 2.05) is 0 Å². The number of nitro groups is 2. The summed E-state index contributed by atoms with van der Waals surface area (Å²) < 4.78 is 0. The Balaban J connectivity index is -0.0000000399. The van der Waals surface area contributed by atoms with Crippen molar-refractivity contribution in [1.29, 1.82) is 0 Å². The quantitative estimate of drug-likeness (QED) is 0.0558. The van der Waals surface area contributed by atoms with Crippen LogP contribution in [0.15, 0.2) is 10.2 Å². The summed E-state index contributed by atoms with van der Waals surface area (Å²) in [6.07, 6.45) is 0. The standard InChI is InChI=1S/2CH5N5O2.Co.2NO3.2H2O/c2*2-1(4-3)5-6(7)8;;2*2-1(3)4;;/h2*3H2,(H3,2,4,5);;;;2*1H2/q;;+2;2*-1;;/p+2. The van der Waals surface area contributed by atoms with Crippen LogP contribution in [0.2, 0.25) is 0 Å². The summed E-state index contributed by atoms with van der Waals surface area (Å²) in [6, 6.07) is 0. The van der Waals surface area contributed by atoms with Gasteiger partial charge in [0.2, 0.25) is 0 Å². The third-order valence-electron chi connectivity index (χ3n) is 0.675. The van der Waals surface area contributed by atoms with Crippen LogP contribution in [0.3, 0.4) is 0 Å². The van der Waals surface area contributed by atoms with E-state index in [4.69, 9.17) is 42.1 Å². The van der Waals surface area contributed by atoms with E-state index < -0.39 is 32.2 Å². The van der Waals surface area contributed by atoms with Crippen LogP contribution in [0.1, 0.15) is 0 Å². The first-order valence-electron chi connectivity index (χ1n) is 4.33. The van der Waals surface area contributed by atoms with Crippen molar-refractivity contribution in [3.05, 3.63) is 50.9 Å². The zero-order valence-electron chi connectivity index (χ0n) is 12.6. The van der Waals surface area contributed by atoms with Gasteiger partial charge in [-0.15, -0.1) is 0 Å². The summed E-state index contributed by atoms with van der Waals surface area (Å²) in [5.74, 6) is 8.38. The summed E-state index contributed by atoms with van der Waals surface area (Å²) >= 11 is 0. The van der Waals surface area contributed by atoms with Crippen molar-refractivity contribution < 1.29 is 48.0 Å². The van der Waals surface area contributed by atoms with Crippen molar-refractivity contribution in [2.75, 3.05) is 0 Å². The van der Waals surface area contributed by atoms with Crippen LogP contribution >= 0.6 is 0 Å². The van der Waals surface area contributed by atoms with Crippen LogP contribution in [0.25, 0.3) is 0 Å². The molecule has 0 rings (SSSR count). The largest absolute Gasteiger partial charge is 2.00 e. The van der Waals surface area contributed by atoms with E-state index in [2.05, 4.69) is 21.9 Å². The fraction of sp³-hybridized carbons (Fsp3) is 0. The van der Waals surface area contributed by atoms with Crippen LogP contribution in [-0.4, -0.2) is 32.2 Å². The maximum absolute atomic E-state index is 9.41. The number of hydrogen-bond donors (Lipinski definition) is 6. The molecule has 0 spiro atoms. The Kier molecular flexibility index (Phi) is 48.4. The molecule has 0 aromatic heterocycles. The van der Waals surface area contributed by atoms with Gasteiger partial charge in [-0.25, -0.2) is 31.9 Å². The Bertz CT molecular complexity index is 415. The van der Waals surface area contributed by atoms with Crippen molar-refractivity contribution >= 4 is 11.9 Å². The average Bonchev–Trinajstić information content (AvgIpc) is 2.36. The van der Waals surface area contributed by atoms with Gasteiger partial charge in [0.15, 0.2) is 10.1 Å². The van der Waals surface area contributed by atoms with Crippen LogP contribution in [0.4, 0.5) is 0 Å². The molecule has 25 heteroatoms. The summed E-state index contributed by atoms with van der Waals surface area (Å²) in [5.41, 5.74) is 13.1. The fourth-order valence-electron chi connectivity index (χ4n) is 0.234. The number of hydrogen-bond acceptors (Lipinski definition) is 12. The van der Waals surface area contributed by atoms with Gasteiger partial charge in [-0.3, -0.25) is 10.9 Å². The number of nitrogens with one attached hydrogen (secondary N) is 2. The van der Waals surface area contributed by atoms with E-state index >= 15 is 0 Å². The molecule has 0 aliphatic heterocycles. The first-order valence-corrected chi connectivity index (χ1v) is 4.33. The second-order valence-corrected chi connectivity index (χ2v) is 2.18. The van der Waals surface area contributed by atoms with Gasteiger partial charge in [-0.05, 0) is 0 Å². The van der Waals surface area contributed by atoms with E-state index in [0.717, 1.165) is 0 Å². The molecule has 16 N–H and O–H groups in total. The molecule has 0 aliphatic carbocycles. The molecule has 0 bridgehead atoms. The minimum Gasteiger partial charge on any atom is -0.457 e. The zero-order valence-corrected chi connectivity index (χ0v) is 13.6. The first-order chi connectivity index (χ1) is 10.8. The molecule has 0 amide bonds. The molecule has 0 saturated heterocycles. The predicted molar refractivity (Wildman–Crippen MR) is 82.3 cm³/mol. The zero-order chi connectivity index (χ0) is 20.3. The van der Waals surface area contributed by atoms with Crippen molar-refractivity contribution in [2.45, 2.75) is 0 Å². The molecular weight excluding hydrogens is 443 g/mol. The van der Waals surface area contributed by atoms with E-state index in [1.54, 1.807) is 10.9 Å². The maximum atomic E-state index is 9.41. The summed E-state index contributed by atoms with van der Waals surface area (Å²) in [7, 11) is 0. The average molecular weight is 459 g/mol. The summed E-state index contributed by atoms with van der Waals surface area (Å²) in [5, 5.41) is 51.6. The molecule has 1 radical (unpaired) electrons. The van der Waals surface area contributed by atoms with Crippen molar-refractivity contribution in [3.63, 3.8) is 0 Å². The molecule has 24 nitrogen and oxygen atoms in total. The Morgan fingerprint density at radius 3 is 0.852 bits per heavy atom. The molecule has 0 aromatic rings. The molecular formula is C2H16CoN12O12+2. The summed E-state index contributed by atoms with van der Waals surface area (Å²) in [4.78, 5) is 35.3. The molecule has 163 valence electrons. The second kappa shape index (κ2) is 30.0. The molecule has 27 heavy (non-hydrogen) atoms. The Morgan fingerprint density at radius 2 is 0.815 bits per heavy atom. The van der Waals surface area contributed by atoms with E-state index in [-0.39, 0.29) is 27.7 Å². The fourth-order valence-corrected chi connectivity index (χ4v) is 0.234. The van der Waals surface area contributed by atoms with Crippen molar-refractivity contribution in [2.24, 2.45) is 33.4 Å². The van der Waals surface area contributed by atoms with Crippen LogP contribution < -0.4 is 34.0 Å². The number of hydrazine groups is 2. The molecule has 0 unspecified atom stereocenters. The number of nitrogens with two attached hydrogens (primary N) is 4. The predicted octanol–water partition coefficient (Wildman–Crippen LogP) is -6.41. The van der Waals surface area contributed by atoms with E-state index in [1.165, 1.54) is 0 Å². The van der Waals surface area contributed by atoms with E-state index in [9.17, 15) is 20.2 Å². The third kappa shape index (κ3) is 136. The molecule has 0 atom stereocenters. The Morgan fingerprint density at radius 1 is 0.667 bits per heavy atom. The van der Waals surface area contributed by atoms with E-state index in [0.29, 0.717) is 0 Å². The van der Waals surface area contributed by atoms with Gasteiger partial charge in [-0.2, -0.15) is 0 Å². The topological polar surface area (TPSA) is 438 Å². The number of guanidine groups is 2. The van der Waals surface area contributed by atoms with Gasteiger partial charge in [0.05, 0.1) is 10.2 Å². The monoisotopic (exact) mass is 459 g/mol. The molecule has 0 aliphatic rings. The number of rotatable bonds is 2. The number of hydrazone groups is 2. The van der Waals surface area contributed by atoms with Crippen LogP contribution in [0.5, 0.6) is 0 Å². The van der Waals surface area contributed by atoms with Gasteiger partial charge >= 0.3 is 16.8 Å². The maximum Gasteiger partial charge on any atom is 2.00 e. The van der Waals surface area contributed by atoms with Crippen molar-refractivity contribution in [1.82, 2.24) is 10.9 Å². The van der Waals surface area contributed by atoms with Gasteiger partial charge in [0.1, 0.15) is 10.2 Å². The molecule has 0 fully saturated rings. The molecule has 0 saturated carbocycles. The molecule has 0 heterocycles.